The number of halogens is 1. The Hall–Kier alpha value is -0.280. The van der Waals surface area contributed by atoms with Gasteiger partial charge in [-0.15, -0.1) is 0 Å². The van der Waals surface area contributed by atoms with Gasteiger partial charge in [0, 0.05) is 6.04 Å². The van der Waals surface area contributed by atoms with E-state index in [9.17, 15) is 4.79 Å². The van der Waals surface area contributed by atoms with Crippen LogP contribution < -0.4 is 17.7 Å². The summed E-state index contributed by atoms with van der Waals surface area (Å²) in [4.78, 5) is 14.7. The summed E-state index contributed by atoms with van der Waals surface area (Å²) in [6.07, 6.45) is 11.1. The Morgan fingerprint density at radius 3 is 2.09 bits per heavy atom. The molecule has 0 aromatic rings. The highest BCUT2D eigenvalue weighted by atomic mass is 35.5. The van der Waals surface area contributed by atoms with Crippen LogP contribution in [0.15, 0.2) is 0 Å². The first-order valence-electron chi connectivity index (χ1n) is 9.15. The number of nitrogens with zero attached hydrogens (tertiary/aromatic N) is 1. The third kappa shape index (κ3) is 3.03. The smallest absolute Gasteiger partial charge is 0.234 e. The number of carbonyl (C=O) groups excluding carboxylic acids is 1. The van der Waals surface area contributed by atoms with Crippen LogP contribution in [0.3, 0.4) is 0 Å². The SMILES string of the molecule is CC(NC(=O)CN1CCCC1)C12CC3CC(CC(C3)C1)C2.[Cl-]. The van der Waals surface area contributed by atoms with Crippen molar-refractivity contribution in [2.24, 2.45) is 23.2 Å². The average Bonchev–Trinajstić information content (AvgIpc) is 2.89. The molecule has 1 unspecified atom stereocenters. The zero-order valence-electron chi connectivity index (χ0n) is 13.8. The predicted molar refractivity (Wildman–Crippen MR) is 83.9 cm³/mol. The van der Waals surface area contributed by atoms with Crippen LogP contribution in [0.2, 0.25) is 0 Å². The zero-order valence-corrected chi connectivity index (χ0v) is 14.6. The van der Waals surface area contributed by atoms with E-state index in [2.05, 4.69) is 17.1 Å². The van der Waals surface area contributed by atoms with Gasteiger partial charge in [0.05, 0.1) is 6.54 Å². The van der Waals surface area contributed by atoms with Gasteiger partial charge in [0.1, 0.15) is 0 Å². The van der Waals surface area contributed by atoms with Gasteiger partial charge in [-0.3, -0.25) is 9.69 Å². The molecule has 0 aromatic heterocycles. The molecule has 22 heavy (non-hydrogen) atoms. The summed E-state index contributed by atoms with van der Waals surface area (Å²) in [7, 11) is 0. The summed E-state index contributed by atoms with van der Waals surface area (Å²) in [6, 6.07) is 0.376. The van der Waals surface area contributed by atoms with Crippen molar-refractivity contribution in [3.63, 3.8) is 0 Å². The highest BCUT2D eigenvalue weighted by Gasteiger charge is 2.53. The van der Waals surface area contributed by atoms with Gasteiger partial charge < -0.3 is 17.7 Å². The van der Waals surface area contributed by atoms with E-state index in [0.717, 1.165) is 30.8 Å². The van der Waals surface area contributed by atoms with Crippen LogP contribution in [0.25, 0.3) is 0 Å². The molecule has 0 radical (unpaired) electrons. The number of amides is 1. The van der Waals surface area contributed by atoms with Gasteiger partial charge in [-0.25, -0.2) is 0 Å². The fourth-order valence-electron chi connectivity index (χ4n) is 6.29. The quantitative estimate of drug-likeness (QED) is 0.777. The number of nitrogens with one attached hydrogen (secondary N) is 1. The van der Waals surface area contributed by atoms with E-state index >= 15 is 0 Å². The van der Waals surface area contributed by atoms with Gasteiger partial charge in [0.25, 0.3) is 0 Å². The maximum atomic E-state index is 12.3. The van der Waals surface area contributed by atoms with Crippen molar-refractivity contribution in [1.82, 2.24) is 10.2 Å². The van der Waals surface area contributed by atoms with Gasteiger partial charge in [-0.2, -0.15) is 0 Å². The topological polar surface area (TPSA) is 32.3 Å². The number of rotatable bonds is 4. The zero-order chi connectivity index (χ0) is 14.4. The monoisotopic (exact) mass is 325 g/mol. The van der Waals surface area contributed by atoms with E-state index in [0.29, 0.717) is 18.0 Å². The van der Waals surface area contributed by atoms with Crippen molar-refractivity contribution < 1.29 is 17.2 Å². The number of hydrogen-bond donors (Lipinski definition) is 1. The van der Waals surface area contributed by atoms with Crippen LogP contribution >= 0.6 is 0 Å². The minimum absolute atomic E-state index is 0. The highest BCUT2D eigenvalue weighted by molar-refractivity contribution is 5.78. The molecular weight excluding hydrogens is 296 g/mol. The lowest BCUT2D eigenvalue weighted by Gasteiger charge is -2.59. The van der Waals surface area contributed by atoms with Crippen LogP contribution in [0.5, 0.6) is 0 Å². The first-order chi connectivity index (χ1) is 10.1. The molecule has 3 nitrogen and oxygen atoms in total. The van der Waals surface area contributed by atoms with Crippen molar-refractivity contribution >= 4 is 5.91 Å². The first kappa shape index (κ1) is 16.6. The predicted octanol–water partition coefficient (Wildman–Crippen LogP) is -0.193. The van der Waals surface area contributed by atoms with Gasteiger partial charge in [-0.05, 0) is 94.5 Å². The fourth-order valence-corrected chi connectivity index (χ4v) is 6.29. The molecule has 1 saturated heterocycles. The van der Waals surface area contributed by atoms with E-state index in [-0.39, 0.29) is 18.3 Å². The summed E-state index contributed by atoms with van der Waals surface area (Å²) in [5.41, 5.74) is 0.440. The fraction of sp³-hybridized carbons (Fsp3) is 0.944. The Bertz CT molecular complexity index is 384. The number of likely N-dealkylation sites (tertiary alicyclic amines) is 1. The molecule has 126 valence electrons. The van der Waals surface area contributed by atoms with Crippen LogP contribution in [0, 0.1) is 23.2 Å². The summed E-state index contributed by atoms with van der Waals surface area (Å²) >= 11 is 0. The lowest BCUT2D eigenvalue weighted by molar-refractivity contribution is -0.126. The van der Waals surface area contributed by atoms with Crippen LogP contribution in [0.4, 0.5) is 0 Å². The maximum Gasteiger partial charge on any atom is 0.234 e. The third-order valence-electron chi connectivity index (χ3n) is 6.95. The lowest BCUT2D eigenvalue weighted by atomic mass is 9.48. The molecule has 5 fully saturated rings. The Balaban J connectivity index is 0.00000144. The molecule has 0 aromatic carbocycles. The standard InChI is InChI=1S/C18H30N2O.ClH/c1-13(19-17(21)12-20-4-2-3-5-20)18-9-14-6-15(10-18)8-16(7-14)11-18;/h13-16H,2-12H2,1H3,(H,19,21);1H/p-1. The van der Waals surface area contributed by atoms with E-state index in [4.69, 9.17) is 0 Å². The molecule has 1 amide bonds. The Morgan fingerprint density at radius 1 is 1.09 bits per heavy atom. The van der Waals surface area contributed by atoms with Crippen molar-refractivity contribution in [2.75, 3.05) is 19.6 Å². The van der Waals surface area contributed by atoms with Crippen molar-refractivity contribution in [2.45, 2.75) is 64.3 Å². The number of hydrogen-bond acceptors (Lipinski definition) is 2. The Kier molecular flexibility index (Phi) is 4.76. The lowest BCUT2D eigenvalue weighted by Crippen LogP contribution is -3.00. The minimum atomic E-state index is 0. The number of carbonyl (C=O) groups is 1. The molecule has 5 rings (SSSR count). The average molecular weight is 326 g/mol. The van der Waals surface area contributed by atoms with Crippen molar-refractivity contribution in [3.8, 4) is 0 Å². The molecule has 4 heteroatoms. The van der Waals surface area contributed by atoms with Gasteiger partial charge >= 0.3 is 0 Å². The second-order valence-electron chi connectivity index (χ2n) is 8.55. The Labute approximate surface area is 141 Å². The normalized spacial score (nSPS) is 41.2. The maximum absolute atomic E-state index is 12.3. The summed E-state index contributed by atoms with van der Waals surface area (Å²) < 4.78 is 0. The summed E-state index contributed by atoms with van der Waals surface area (Å²) in [6.45, 7) is 5.13. The van der Waals surface area contributed by atoms with Crippen LogP contribution in [0.1, 0.15) is 58.3 Å². The molecule has 0 spiro atoms. The second-order valence-corrected chi connectivity index (χ2v) is 8.55. The molecule has 1 aliphatic heterocycles. The van der Waals surface area contributed by atoms with E-state index in [1.807, 2.05) is 0 Å². The molecule has 4 aliphatic carbocycles. The summed E-state index contributed by atoms with van der Waals surface area (Å²) in [5, 5.41) is 3.38. The molecule has 4 bridgehead atoms. The molecule has 1 heterocycles. The molecule has 1 atom stereocenters. The van der Waals surface area contributed by atoms with E-state index in [1.165, 1.54) is 51.4 Å². The Morgan fingerprint density at radius 2 is 1.59 bits per heavy atom. The van der Waals surface area contributed by atoms with Crippen LogP contribution in [-0.4, -0.2) is 36.5 Å². The third-order valence-corrected chi connectivity index (χ3v) is 6.95. The largest absolute Gasteiger partial charge is 1.00 e. The van der Waals surface area contributed by atoms with Crippen LogP contribution in [-0.2, 0) is 4.79 Å². The first-order valence-corrected chi connectivity index (χ1v) is 9.15. The summed E-state index contributed by atoms with van der Waals surface area (Å²) in [5.74, 6) is 3.16. The van der Waals surface area contributed by atoms with E-state index < -0.39 is 0 Å². The minimum Gasteiger partial charge on any atom is -1.00 e. The highest BCUT2D eigenvalue weighted by Crippen LogP contribution is 2.61. The molecule has 4 saturated carbocycles. The molecule has 5 aliphatic rings. The van der Waals surface area contributed by atoms with Gasteiger partial charge in [0.2, 0.25) is 5.91 Å². The molecule has 1 N–H and O–H groups in total. The van der Waals surface area contributed by atoms with Crippen molar-refractivity contribution in [1.29, 1.82) is 0 Å². The second kappa shape index (κ2) is 6.32. The van der Waals surface area contributed by atoms with E-state index in [1.54, 1.807) is 0 Å². The van der Waals surface area contributed by atoms with Gasteiger partial charge in [-0.1, -0.05) is 0 Å². The molecular formula is C18H30ClN2O-. The van der Waals surface area contributed by atoms with Crippen molar-refractivity contribution in [3.05, 3.63) is 0 Å². The van der Waals surface area contributed by atoms with Gasteiger partial charge in [0.15, 0.2) is 0 Å².